The van der Waals surface area contributed by atoms with Gasteiger partial charge in [-0.25, -0.2) is 4.98 Å². The molecule has 0 aliphatic rings. The topological polar surface area (TPSA) is 55.0 Å². The van der Waals surface area contributed by atoms with Gasteiger partial charge in [-0.3, -0.25) is 9.88 Å². The summed E-state index contributed by atoms with van der Waals surface area (Å²) < 4.78 is 0. The fraction of sp³-hybridized carbons (Fsp3) is 0.385. The van der Waals surface area contributed by atoms with Crippen molar-refractivity contribution in [3.63, 3.8) is 0 Å². The Morgan fingerprint density at radius 2 is 2.22 bits per heavy atom. The molecule has 0 saturated heterocycles. The third kappa shape index (κ3) is 3.13. The van der Waals surface area contributed by atoms with Crippen LogP contribution in [0.25, 0.3) is 0 Å². The quantitative estimate of drug-likeness (QED) is 0.895. The van der Waals surface area contributed by atoms with Crippen LogP contribution in [0.4, 0.5) is 0 Å². The van der Waals surface area contributed by atoms with Gasteiger partial charge in [0.25, 0.3) is 0 Å². The van der Waals surface area contributed by atoms with E-state index in [9.17, 15) is 0 Å². The molecule has 0 aromatic carbocycles. The zero-order chi connectivity index (χ0) is 13.0. The summed E-state index contributed by atoms with van der Waals surface area (Å²) >= 11 is 1.62. The number of nitrogens with zero attached hydrogens (tertiary/aromatic N) is 3. The molecule has 5 heteroatoms. The minimum atomic E-state index is 0.180. The van der Waals surface area contributed by atoms with Crippen LogP contribution in [0.2, 0.25) is 0 Å². The largest absolute Gasteiger partial charge is 0.329 e. The molecular weight excluding hydrogens is 244 g/mol. The average molecular weight is 262 g/mol. The van der Waals surface area contributed by atoms with E-state index in [1.54, 1.807) is 11.3 Å². The molecule has 0 amide bonds. The number of pyridine rings is 1. The van der Waals surface area contributed by atoms with E-state index in [2.05, 4.69) is 33.4 Å². The van der Waals surface area contributed by atoms with Crippen molar-refractivity contribution in [2.45, 2.75) is 19.5 Å². The van der Waals surface area contributed by atoms with E-state index in [-0.39, 0.29) is 6.04 Å². The van der Waals surface area contributed by atoms with E-state index in [1.807, 2.05) is 24.7 Å². The summed E-state index contributed by atoms with van der Waals surface area (Å²) in [6.07, 6.45) is 1.91. The molecule has 0 saturated carbocycles. The Hall–Kier alpha value is -1.30. The fourth-order valence-electron chi connectivity index (χ4n) is 1.93. The highest BCUT2D eigenvalue weighted by molar-refractivity contribution is 7.07. The van der Waals surface area contributed by atoms with Crippen molar-refractivity contribution in [3.05, 3.63) is 46.2 Å². The minimum Gasteiger partial charge on any atom is -0.329 e. The van der Waals surface area contributed by atoms with Gasteiger partial charge in [-0.1, -0.05) is 6.07 Å². The van der Waals surface area contributed by atoms with Gasteiger partial charge < -0.3 is 5.73 Å². The highest BCUT2D eigenvalue weighted by atomic mass is 32.1. The van der Waals surface area contributed by atoms with Gasteiger partial charge in [0.05, 0.1) is 11.2 Å². The van der Waals surface area contributed by atoms with E-state index >= 15 is 0 Å². The van der Waals surface area contributed by atoms with E-state index in [4.69, 9.17) is 5.73 Å². The zero-order valence-corrected chi connectivity index (χ0v) is 11.5. The van der Waals surface area contributed by atoms with Gasteiger partial charge in [0, 0.05) is 36.4 Å². The summed E-state index contributed by atoms with van der Waals surface area (Å²) in [5, 5.41) is 2.07. The van der Waals surface area contributed by atoms with Crippen molar-refractivity contribution in [1.82, 2.24) is 14.9 Å². The van der Waals surface area contributed by atoms with E-state index < -0.39 is 0 Å². The number of aromatic nitrogens is 2. The van der Waals surface area contributed by atoms with Gasteiger partial charge in [-0.15, -0.1) is 11.3 Å². The normalized spacial score (nSPS) is 12.9. The van der Waals surface area contributed by atoms with E-state index in [0.717, 1.165) is 23.5 Å². The summed E-state index contributed by atoms with van der Waals surface area (Å²) in [6, 6.07) is 4.30. The molecule has 96 valence electrons. The number of aryl methyl sites for hydroxylation is 1. The highest BCUT2D eigenvalue weighted by Crippen LogP contribution is 2.19. The lowest BCUT2D eigenvalue weighted by atomic mass is 10.1. The van der Waals surface area contributed by atoms with Crippen molar-refractivity contribution >= 4 is 11.3 Å². The Kier molecular flexibility index (Phi) is 4.41. The molecule has 4 nitrogen and oxygen atoms in total. The molecule has 2 rings (SSSR count). The maximum atomic E-state index is 5.89. The van der Waals surface area contributed by atoms with Crippen LogP contribution in [0.15, 0.2) is 29.2 Å². The smallest absolute Gasteiger partial charge is 0.0795 e. The number of hydrogen-bond donors (Lipinski definition) is 1. The molecule has 0 fully saturated rings. The molecule has 0 bridgehead atoms. The first kappa shape index (κ1) is 13.1. The third-order valence-electron chi connectivity index (χ3n) is 2.97. The minimum absolute atomic E-state index is 0.180. The maximum Gasteiger partial charge on any atom is 0.0795 e. The predicted molar refractivity (Wildman–Crippen MR) is 74.4 cm³/mol. The summed E-state index contributed by atoms with van der Waals surface area (Å²) in [5.41, 5.74) is 11.0. The first-order valence-electron chi connectivity index (χ1n) is 5.90. The number of hydrogen-bond acceptors (Lipinski definition) is 5. The molecule has 2 aromatic heterocycles. The van der Waals surface area contributed by atoms with Crippen molar-refractivity contribution in [2.75, 3.05) is 13.6 Å². The number of thiazole rings is 1. The Bertz CT molecular complexity index is 466. The molecule has 1 unspecified atom stereocenters. The number of nitrogens with two attached hydrogens (primary N) is 1. The van der Waals surface area contributed by atoms with E-state index in [1.165, 1.54) is 0 Å². The Morgan fingerprint density at radius 1 is 1.39 bits per heavy atom. The molecular formula is C13H18N4S. The Labute approximate surface area is 111 Å². The second-order valence-electron chi connectivity index (χ2n) is 4.38. The van der Waals surface area contributed by atoms with Crippen molar-refractivity contribution in [2.24, 2.45) is 5.73 Å². The second-order valence-corrected chi connectivity index (χ2v) is 5.10. The van der Waals surface area contributed by atoms with Crippen LogP contribution in [-0.2, 0) is 6.54 Å². The molecule has 1 atom stereocenters. The second kappa shape index (κ2) is 6.04. The standard InChI is InChI=1S/C13H18N4S/c1-10-3-4-11(6-15-10)13(5-14)17(2)7-12-8-18-9-16-12/h3-4,6,8-9,13H,5,7,14H2,1-2H3. The van der Waals surface area contributed by atoms with Gasteiger partial charge in [0.1, 0.15) is 0 Å². The van der Waals surface area contributed by atoms with Gasteiger partial charge in [0.15, 0.2) is 0 Å². The molecule has 0 aliphatic heterocycles. The summed E-state index contributed by atoms with van der Waals surface area (Å²) in [5.74, 6) is 0. The van der Waals surface area contributed by atoms with Gasteiger partial charge in [0.2, 0.25) is 0 Å². The number of likely N-dealkylation sites (N-methyl/N-ethyl adjacent to an activating group) is 1. The van der Waals surface area contributed by atoms with Crippen LogP contribution < -0.4 is 5.73 Å². The molecule has 2 heterocycles. The van der Waals surface area contributed by atoms with Crippen LogP contribution in [0, 0.1) is 6.92 Å². The fourth-order valence-corrected chi connectivity index (χ4v) is 2.48. The van der Waals surface area contributed by atoms with Crippen LogP contribution in [0.1, 0.15) is 23.0 Å². The zero-order valence-electron chi connectivity index (χ0n) is 10.7. The summed E-state index contributed by atoms with van der Waals surface area (Å²) in [6.45, 7) is 3.37. The lowest BCUT2D eigenvalue weighted by Gasteiger charge is -2.26. The van der Waals surface area contributed by atoms with Gasteiger partial charge in [-0.05, 0) is 25.6 Å². The summed E-state index contributed by atoms with van der Waals surface area (Å²) in [4.78, 5) is 10.8. The molecule has 0 aliphatic carbocycles. The average Bonchev–Trinajstić information content (AvgIpc) is 2.85. The van der Waals surface area contributed by atoms with Crippen LogP contribution in [-0.4, -0.2) is 28.5 Å². The summed E-state index contributed by atoms with van der Waals surface area (Å²) in [7, 11) is 2.07. The van der Waals surface area contributed by atoms with Crippen molar-refractivity contribution in [1.29, 1.82) is 0 Å². The Balaban J connectivity index is 2.10. The van der Waals surface area contributed by atoms with Crippen LogP contribution in [0.5, 0.6) is 0 Å². The predicted octanol–water partition coefficient (Wildman–Crippen LogP) is 1.98. The first-order valence-corrected chi connectivity index (χ1v) is 6.85. The van der Waals surface area contributed by atoms with Crippen molar-refractivity contribution < 1.29 is 0 Å². The molecule has 0 radical (unpaired) electrons. The van der Waals surface area contributed by atoms with Crippen molar-refractivity contribution in [3.8, 4) is 0 Å². The lowest BCUT2D eigenvalue weighted by Crippen LogP contribution is -2.30. The highest BCUT2D eigenvalue weighted by Gasteiger charge is 2.16. The first-order chi connectivity index (χ1) is 8.70. The monoisotopic (exact) mass is 262 g/mol. The molecule has 0 spiro atoms. The maximum absolute atomic E-state index is 5.89. The Morgan fingerprint density at radius 3 is 2.78 bits per heavy atom. The molecule has 2 N–H and O–H groups in total. The van der Waals surface area contributed by atoms with Crippen LogP contribution in [0.3, 0.4) is 0 Å². The van der Waals surface area contributed by atoms with Crippen LogP contribution >= 0.6 is 11.3 Å². The van der Waals surface area contributed by atoms with E-state index in [0.29, 0.717) is 6.54 Å². The molecule has 18 heavy (non-hydrogen) atoms. The third-order valence-corrected chi connectivity index (χ3v) is 3.60. The van der Waals surface area contributed by atoms with Gasteiger partial charge >= 0.3 is 0 Å². The van der Waals surface area contributed by atoms with Gasteiger partial charge in [-0.2, -0.15) is 0 Å². The SMILES string of the molecule is Cc1ccc(C(CN)N(C)Cc2cscn2)cn1. The number of rotatable bonds is 5. The molecule has 2 aromatic rings. The lowest BCUT2D eigenvalue weighted by molar-refractivity contribution is 0.239.